The molecular weight excluding hydrogens is 374 g/mol. The fourth-order valence-electron chi connectivity index (χ4n) is 3.55. The van der Waals surface area contributed by atoms with Gasteiger partial charge in [0.05, 0.1) is 4.88 Å². The first-order chi connectivity index (χ1) is 13.7. The lowest BCUT2D eigenvalue weighted by molar-refractivity contribution is 0.0757. The maximum absolute atomic E-state index is 13.2. The van der Waals surface area contributed by atoms with E-state index in [2.05, 4.69) is 0 Å². The number of para-hydroxylation sites is 1. The lowest BCUT2D eigenvalue weighted by Crippen LogP contribution is -2.29. The lowest BCUT2D eigenvalue weighted by atomic mass is 10.1. The molecule has 6 heteroatoms. The molecule has 0 bridgehead atoms. The van der Waals surface area contributed by atoms with E-state index >= 15 is 0 Å². The smallest absolute Gasteiger partial charge is 0.264 e. The molecule has 2 aromatic carbocycles. The highest BCUT2D eigenvalue weighted by Gasteiger charge is 2.25. The van der Waals surface area contributed by atoms with E-state index in [9.17, 15) is 4.79 Å². The van der Waals surface area contributed by atoms with Crippen molar-refractivity contribution in [3.63, 3.8) is 0 Å². The fraction of sp³-hybridized carbons (Fsp3) is 0.227. The maximum atomic E-state index is 13.2. The minimum atomic E-state index is 0.0389. The Hall–Kier alpha value is -2.99. The number of nitrogens with zero attached hydrogens (tertiary/aromatic N) is 1. The predicted molar refractivity (Wildman–Crippen MR) is 107 cm³/mol. The second-order valence-electron chi connectivity index (χ2n) is 6.76. The first kappa shape index (κ1) is 17.1. The summed E-state index contributed by atoms with van der Waals surface area (Å²) in [7, 11) is 0. The van der Waals surface area contributed by atoms with Crippen molar-refractivity contribution in [2.75, 3.05) is 13.3 Å². The minimum Gasteiger partial charge on any atom is -0.488 e. The summed E-state index contributed by atoms with van der Waals surface area (Å²) in [6.45, 7) is 3.91. The molecule has 2 aliphatic heterocycles. The van der Waals surface area contributed by atoms with Gasteiger partial charge in [0.2, 0.25) is 6.79 Å². The van der Waals surface area contributed by atoms with Crippen molar-refractivity contribution in [3.05, 3.63) is 64.5 Å². The van der Waals surface area contributed by atoms with Crippen molar-refractivity contribution < 1.29 is 19.0 Å². The summed E-state index contributed by atoms with van der Waals surface area (Å²) in [6.07, 6.45) is 0. The molecule has 142 valence electrons. The Balaban J connectivity index is 1.40. The molecule has 0 radical (unpaired) electrons. The van der Waals surface area contributed by atoms with Crippen LogP contribution in [0.2, 0.25) is 0 Å². The molecule has 2 aliphatic rings. The molecule has 28 heavy (non-hydrogen) atoms. The van der Waals surface area contributed by atoms with Crippen molar-refractivity contribution in [3.8, 4) is 27.7 Å². The standard InChI is InChI=1S/C22H19NO4S/c1-2-23(11-14-7-8-18-19(9-14)27-13-26-18)22(24)20-10-15-12-25-17-6-4-3-5-16(17)21(15)28-20/h3-10H,2,11-13H2,1H3. The number of amides is 1. The average Bonchev–Trinajstić information content (AvgIpc) is 3.38. The summed E-state index contributed by atoms with van der Waals surface area (Å²) < 4.78 is 16.6. The van der Waals surface area contributed by atoms with E-state index in [1.54, 1.807) is 11.3 Å². The summed E-state index contributed by atoms with van der Waals surface area (Å²) in [5, 5.41) is 0. The van der Waals surface area contributed by atoms with E-state index < -0.39 is 0 Å². The Kier molecular flexibility index (Phi) is 4.20. The first-order valence-corrected chi connectivity index (χ1v) is 10.1. The second kappa shape index (κ2) is 6.87. The van der Waals surface area contributed by atoms with Crippen LogP contribution in [0.5, 0.6) is 17.2 Å². The monoisotopic (exact) mass is 393 g/mol. The van der Waals surface area contributed by atoms with Crippen LogP contribution in [-0.2, 0) is 13.2 Å². The Labute approximate surface area is 167 Å². The zero-order chi connectivity index (χ0) is 19.1. The van der Waals surface area contributed by atoms with Gasteiger partial charge in [-0.15, -0.1) is 11.3 Å². The van der Waals surface area contributed by atoms with Gasteiger partial charge in [0.1, 0.15) is 12.4 Å². The molecule has 3 heterocycles. The summed E-state index contributed by atoms with van der Waals surface area (Å²) in [4.78, 5) is 16.9. The third-order valence-corrected chi connectivity index (χ3v) is 6.21. The average molecular weight is 393 g/mol. The summed E-state index contributed by atoms with van der Waals surface area (Å²) in [5.74, 6) is 2.41. The summed E-state index contributed by atoms with van der Waals surface area (Å²) in [5.41, 5.74) is 3.16. The van der Waals surface area contributed by atoms with Gasteiger partial charge in [-0.25, -0.2) is 0 Å². The number of thiophene rings is 1. The quantitative estimate of drug-likeness (QED) is 0.645. The van der Waals surface area contributed by atoms with Crippen LogP contribution in [0.25, 0.3) is 10.4 Å². The SMILES string of the molecule is CCN(Cc1ccc2c(c1)OCO2)C(=O)c1cc2c(s1)-c1ccccc1OC2. The van der Waals surface area contributed by atoms with Gasteiger partial charge in [-0.2, -0.15) is 0 Å². The van der Waals surface area contributed by atoms with E-state index in [0.29, 0.717) is 19.7 Å². The van der Waals surface area contributed by atoms with Crippen LogP contribution in [0.3, 0.4) is 0 Å². The maximum Gasteiger partial charge on any atom is 0.264 e. The molecule has 5 nitrogen and oxygen atoms in total. The van der Waals surface area contributed by atoms with Gasteiger partial charge >= 0.3 is 0 Å². The Morgan fingerprint density at radius 1 is 1.04 bits per heavy atom. The van der Waals surface area contributed by atoms with Crippen LogP contribution < -0.4 is 14.2 Å². The van der Waals surface area contributed by atoms with Crippen LogP contribution >= 0.6 is 11.3 Å². The third kappa shape index (κ3) is 2.90. The number of benzene rings is 2. The highest BCUT2D eigenvalue weighted by Crippen LogP contribution is 2.42. The lowest BCUT2D eigenvalue weighted by Gasteiger charge is -2.20. The Morgan fingerprint density at radius 3 is 2.79 bits per heavy atom. The minimum absolute atomic E-state index is 0.0389. The number of carbonyl (C=O) groups excluding carboxylic acids is 1. The summed E-state index contributed by atoms with van der Waals surface area (Å²) >= 11 is 1.54. The zero-order valence-electron chi connectivity index (χ0n) is 15.4. The van der Waals surface area contributed by atoms with Crippen molar-refractivity contribution in [1.29, 1.82) is 0 Å². The van der Waals surface area contributed by atoms with Crippen LogP contribution in [-0.4, -0.2) is 24.1 Å². The van der Waals surface area contributed by atoms with E-state index in [-0.39, 0.29) is 12.7 Å². The van der Waals surface area contributed by atoms with Gasteiger partial charge in [0.25, 0.3) is 5.91 Å². The van der Waals surface area contributed by atoms with Crippen molar-refractivity contribution in [2.24, 2.45) is 0 Å². The van der Waals surface area contributed by atoms with Gasteiger partial charge in [-0.1, -0.05) is 18.2 Å². The molecule has 0 aliphatic carbocycles. The molecular formula is C22H19NO4S. The molecule has 1 amide bonds. The molecule has 0 unspecified atom stereocenters. The number of rotatable bonds is 4. The third-order valence-electron chi connectivity index (χ3n) is 5.01. The Morgan fingerprint density at radius 2 is 1.89 bits per heavy atom. The molecule has 5 rings (SSSR count). The van der Waals surface area contributed by atoms with Crippen molar-refractivity contribution >= 4 is 17.2 Å². The van der Waals surface area contributed by atoms with E-state index in [4.69, 9.17) is 14.2 Å². The van der Waals surface area contributed by atoms with Crippen LogP contribution in [0, 0.1) is 0 Å². The number of hydrogen-bond donors (Lipinski definition) is 0. The number of hydrogen-bond acceptors (Lipinski definition) is 5. The van der Waals surface area contributed by atoms with E-state index in [1.807, 2.05) is 60.4 Å². The predicted octanol–water partition coefficient (Wildman–Crippen LogP) is 4.70. The van der Waals surface area contributed by atoms with Gasteiger partial charge in [-0.3, -0.25) is 4.79 Å². The molecule has 0 spiro atoms. The molecule has 0 atom stereocenters. The molecule has 0 fully saturated rings. The van der Waals surface area contributed by atoms with Crippen molar-refractivity contribution in [1.82, 2.24) is 4.90 Å². The summed E-state index contributed by atoms with van der Waals surface area (Å²) in [6, 6.07) is 15.8. The normalized spacial score (nSPS) is 13.5. The van der Waals surface area contributed by atoms with E-state index in [1.165, 1.54) is 0 Å². The van der Waals surface area contributed by atoms with Crippen LogP contribution in [0.15, 0.2) is 48.5 Å². The zero-order valence-corrected chi connectivity index (χ0v) is 16.3. The highest BCUT2D eigenvalue weighted by molar-refractivity contribution is 7.17. The topological polar surface area (TPSA) is 48.0 Å². The number of fused-ring (bicyclic) bond motifs is 4. The van der Waals surface area contributed by atoms with Crippen LogP contribution in [0.4, 0.5) is 0 Å². The second-order valence-corrected chi connectivity index (χ2v) is 7.81. The molecule has 1 aromatic heterocycles. The van der Waals surface area contributed by atoms with Gasteiger partial charge in [0.15, 0.2) is 11.5 Å². The highest BCUT2D eigenvalue weighted by atomic mass is 32.1. The number of carbonyl (C=O) groups is 1. The number of ether oxygens (including phenoxy) is 3. The van der Waals surface area contributed by atoms with Gasteiger partial charge in [0, 0.05) is 29.1 Å². The van der Waals surface area contributed by atoms with Gasteiger partial charge in [-0.05, 0) is 42.8 Å². The molecule has 0 N–H and O–H groups in total. The van der Waals surface area contributed by atoms with E-state index in [0.717, 1.165) is 43.7 Å². The molecule has 0 saturated carbocycles. The largest absolute Gasteiger partial charge is 0.488 e. The van der Waals surface area contributed by atoms with Crippen molar-refractivity contribution in [2.45, 2.75) is 20.1 Å². The fourth-order valence-corrected chi connectivity index (χ4v) is 4.71. The molecule has 0 saturated heterocycles. The van der Waals surface area contributed by atoms with Crippen LogP contribution in [0.1, 0.15) is 27.7 Å². The Bertz CT molecular complexity index is 1060. The van der Waals surface area contributed by atoms with Gasteiger partial charge < -0.3 is 19.1 Å². The first-order valence-electron chi connectivity index (χ1n) is 9.25. The molecule has 3 aromatic rings.